The van der Waals surface area contributed by atoms with E-state index in [1.165, 1.54) is 0 Å². The molecule has 1 fully saturated rings. The van der Waals surface area contributed by atoms with Crippen LogP contribution in [0.3, 0.4) is 0 Å². The number of nitrogens with zero attached hydrogens (tertiary/aromatic N) is 2. The summed E-state index contributed by atoms with van der Waals surface area (Å²) >= 11 is 0. The van der Waals surface area contributed by atoms with Gasteiger partial charge in [-0.3, -0.25) is 4.79 Å². The summed E-state index contributed by atoms with van der Waals surface area (Å²) in [7, 11) is 4.17. The van der Waals surface area contributed by atoms with Gasteiger partial charge < -0.3 is 19.5 Å². The van der Waals surface area contributed by atoms with E-state index in [1.54, 1.807) is 0 Å². The molecule has 5 nitrogen and oxygen atoms in total. The van der Waals surface area contributed by atoms with Crippen LogP contribution in [-0.4, -0.2) is 60.0 Å². The predicted octanol–water partition coefficient (Wildman–Crippen LogP) is 2.66. The lowest BCUT2D eigenvalue weighted by molar-refractivity contribution is -0.131. The maximum atomic E-state index is 12.9. The van der Waals surface area contributed by atoms with Crippen LogP contribution in [0.15, 0.2) is 24.4 Å². The number of aromatic nitrogens is 1. The number of ether oxygens (including phenoxy) is 1. The fourth-order valence-corrected chi connectivity index (χ4v) is 3.86. The van der Waals surface area contributed by atoms with Crippen LogP contribution in [0, 0.1) is 0 Å². The zero-order chi connectivity index (χ0) is 17.3. The lowest BCUT2D eigenvalue weighted by Crippen LogP contribution is -2.42. The van der Waals surface area contributed by atoms with Gasteiger partial charge in [0.15, 0.2) is 0 Å². The van der Waals surface area contributed by atoms with Gasteiger partial charge in [0.05, 0.1) is 13.0 Å². The lowest BCUT2D eigenvalue weighted by Gasteiger charge is -2.28. The van der Waals surface area contributed by atoms with E-state index in [2.05, 4.69) is 30.9 Å². The predicted molar refractivity (Wildman–Crippen MR) is 96.4 cm³/mol. The molecule has 1 aromatic heterocycles. The molecule has 24 heavy (non-hydrogen) atoms. The number of likely N-dealkylation sites (N-methyl/N-ethyl adjacent to an activating group) is 1. The molecule has 2 heterocycles. The molecule has 5 heteroatoms. The van der Waals surface area contributed by atoms with Crippen molar-refractivity contribution in [2.24, 2.45) is 0 Å². The van der Waals surface area contributed by atoms with Crippen LogP contribution < -0.4 is 4.74 Å². The van der Waals surface area contributed by atoms with Crippen molar-refractivity contribution in [3.63, 3.8) is 0 Å². The minimum Gasteiger partial charge on any atom is -0.493 e. The minimum atomic E-state index is 0.194. The number of nitrogens with one attached hydrogen (secondary N) is 1. The minimum absolute atomic E-state index is 0.194. The third kappa shape index (κ3) is 3.00. The molecule has 130 valence electrons. The van der Waals surface area contributed by atoms with Crippen LogP contribution in [0.4, 0.5) is 0 Å². The Bertz CT molecular complexity index is 722. The Hall–Kier alpha value is -2.01. The molecule has 1 N–H and O–H groups in total. The molecule has 0 saturated carbocycles. The molecule has 1 saturated heterocycles. The van der Waals surface area contributed by atoms with Gasteiger partial charge in [0.2, 0.25) is 5.91 Å². The van der Waals surface area contributed by atoms with Crippen LogP contribution in [0.25, 0.3) is 10.9 Å². The van der Waals surface area contributed by atoms with Crippen molar-refractivity contribution in [1.29, 1.82) is 0 Å². The summed E-state index contributed by atoms with van der Waals surface area (Å²) in [5.74, 6) is 1.04. The van der Waals surface area contributed by atoms with Gasteiger partial charge in [-0.25, -0.2) is 0 Å². The van der Waals surface area contributed by atoms with E-state index in [4.69, 9.17) is 4.74 Å². The highest BCUT2D eigenvalue weighted by atomic mass is 16.5. The molecule has 0 aliphatic carbocycles. The summed E-state index contributed by atoms with van der Waals surface area (Å²) in [4.78, 5) is 20.4. The van der Waals surface area contributed by atoms with E-state index in [-0.39, 0.29) is 11.9 Å². The summed E-state index contributed by atoms with van der Waals surface area (Å²) in [5.41, 5.74) is 2.03. The number of amides is 1. The first-order valence-corrected chi connectivity index (χ1v) is 8.70. The number of carbonyl (C=O) groups excluding carboxylic acids is 1. The van der Waals surface area contributed by atoms with E-state index < -0.39 is 0 Å². The highest BCUT2D eigenvalue weighted by molar-refractivity contribution is 5.93. The summed E-state index contributed by atoms with van der Waals surface area (Å²) in [5, 5.41) is 1.03. The molecule has 0 unspecified atom stereocenters. The van der Waals surface area contributed by atoms with Crippen molar-refractivity contribution in [1.82, 2.24) is 14.8 Å². The van der Waals surface area contributed by atoms with Crippen LogP contribution in [0.5, 0.6) is 5.75 Å². The molecule has 1 aliphatic heterocycles. The molecule has 2 atom stereocenters. The Morgan fingerprint density at radius 1 is 1.42 bits per heavy atom. The number of benzene rings is 1. The highest BCUT2D eigenvalue weighted by Crippen LogP contribution is 2.30. The second kappa shape index (κ2) is 6.85. The number of hydrogen-bond acceptors (Lipinski definition) is 3. The van der Waals surface area contributed by atoms with Gasteiger partial charge in [-0.15, -0.1) is 0 Å². The standard InChI is InChI=1S/C19H27N3O2/c1-5-24-17-8-6-7-15-19(17)14(12-20-15)11-18(23)22-10-9-16(13(22)2)21(3)4/h6-8,12-13,16,20H,5,9-11H2,1-4H3/t13-,16-/m1/s1. The highest BCUT2D eigenvalue weighted by Gasteiger charge is 2.34. The Morgan fingerprint density at radius 2 is 2.21 bits per heavy atom. The number of rotatable bonds is 5. The van der Waals surface area contributed by atoms with Gasteiger partial charge in [0, 0.05) is 35.7 Å². The van der Waals surface area contributed by atoms with Crippen molar-refractivity contribution in [3.8, 4) is 5.75 Å². The number of fused-ring (bicyclic) bond motifs is 1. The van der Waals surface area contributed by atoms with Gasteiger partial charge in [-0.05, 0) is 52.1 Å². The molecule has 0 spiro atoms. The molecule has 1 aromatic carbocycles. The molecular weight excluding hydrogens is 302 g/mol. The Morgan fingerprint density at radius 3 is 2.88 bits per heavy atom. The van der Waals surface area contributed by atoms with E-state index in [9.17, 15) is 4.79 Å². The van der Waals surface area contributed by atoms with Gasteiger partial charge in [-0.2, -0.15) is 0 Å². The first-order chi connectivity index (χ1) is 11.5. The first-order valence-electron chi connectivity index (χ1n) is 8.70. The van der Waals surface area contributed by atoms with Gasteiger partial charge in [0.1, 0.15) is 5.75 Å². The third-order valence-electron chi connectivity index (χ3n) is 5.09. The summed E-state index contributed by atoms with van der Waals surface area (Å²) < 4.78 is 5.74. The molecule has 0 bridgehead atoms. The van der Waals surface area contributed by atoms with Crippen molar-refractivity contribution in [3.05, 3.63) is 30.0 Å². The van der Waals surface area contributed by atoms with Crippen molar-refractivity contribution in [2.75, 3.05) is 27.2 Å². The number of carbonyl (C=O) groups is 1. The summed E-state index contributed by atoms with van der Waals surface area (Å²) in [6, 6.07) is 6.65. The average molecular weight is 329 g/mol. The fourth-order valence-electron chi connectivity index (χ4n) is 3.86. The first kappa shape index (κ1) is 16.8. The van der Waals surface area contributed by atoms with Crippen molar-refractivity contribution >= 4 is 16.8 Å². The second-order valence-electron chi connectivity index (χ2n) is 6.75. The Kier molecular flexibility index (Phi) is 4.81. The van der Waals surface area contributed by atoms with Crippen LogP contribution in [0.2, 0.25) is 0 Å². The van der Waals surface area contributed by atoms with Crippen molar-refractivity contribution in [2.45, 2.75) is 38.8 Å². The van der Waals surface area contributed by atoms with Gasteiger partial charge in [-0.1, -0.05) is 6.07 Å². The zero-order valence-corrected chi connectivity index (χ0v) is 15.0. The average Bonchev–Trinajstić information content (AvgIpc) is 3.12. The quantitative estimate of drug-likeness (QED) is 0.917. The fraction of sp³-hybridized carbons (Fsp3) is 0.526. The number of likely N-dealkylation sites (tertiary alicyclic amines) is 1. The molecule has 1 aliphatic rings. The molecular formula is C19H27N3O2. The zero-order valence-electron chi connectivity index (χ0n) is 15.0. The molecule has 2 aromatic rings. The third-order valence-corrected chi connectivity index (χ3v) is 5.09. The van der Waals surface area contributed by atoms with Crippen LogP contribution in [-0.2, 0) is 11.2 Å². The van der Waals surface area contributed by atoms with E-state index in [0.717, 1.165) is 35.2 Å². The van der Waals surface area contributed by atoms with Crippen LogP contribution >= 0.6 is 0 Å². The lowest BCUT2D eigenvalue weighted by atomic mass is 10.1. The summed E-state index contributed by atoms with van der Waals surface area (Å²) in [6.45, 7) is 5.58. The molecule has 1 amide bonds. The second-order valence-corrected chi connectivity index (χ2v) is 6.75. The smallest absolute Gasteiger partial charge is 0.227 e. The van der Waals surface area contributed by atoms with Crippen LogP contribution in [0.1, 0.15) is 25.8 Å². The molecule has 0 radical (unpaired) electrons. The van der Waals surface area contributed by atoms with Gasteiger partial charge in [0.25, 0.3) is 0 Å². The number of H-pyrrole nitrogens is 1. The molecule has 3 rings (SSSR count). The Labute approximate surface area is 143 Å². The number of hydrogen-bond donors (Lipinski definition) is 1. The van der Waals surface area contributed by atoms with E-state index >= 15 is 0 Å². The maximum Gasteiger partial charge on any atom is 0.227 e. The maximum absolute atomic E-state index is 12.9. The SMILES string of the molecule is CCOc1cccc2[nH]cc(CC(=O)N3CC[C@@H](N(C)C)[C@H]3C)c12. The normalized spacial score (nSPS) is 21.0. The number of aromatic amines is 1. The monoisotopic (exact) mass is 329 g/mol. The van der Waals surface area contributed by atoms with E-state index in [1.807, 2.05) is 36.2 Å². The van der Waals surface area contributed by atoms with Gasteiger partial charge >= 0.3 is 0 Å². The Balaban J connectivity index is 1.81. The topological polar surface area (TPSA) is 48.6 Å². The summed E-state index contributed by atoms with van der Waals surface area (Å²) in [6.07, 6.45) is 3.39. The van der Waals surface area contributed by atoms with E-state index in [0.29, 0.717) is 19.1 Å². The largest absolute Gasteiger partial charge is 0.493 e. The van der Waals surface area contributed by atoms with Crippen molar-refractivity contribution < 1.29 is 9.53 Å².